The molecule has 0 amide bonds. The highest BCUT2D eigenvalue weighted by Crippen LogP contribution is 2.27. The van der Waals surface area contributed by atoms with Gasteiger partial charge in [-0.1, -0.05) is 40.0 Å². The van der Waals surface area contributed by atoms with Gasteiger partial charge in [0.05, 0.1) is 5.56 Å². The topological polar surface area (TPSA) is 49.3 Å². The van der Waals surface area contributed by atoms with Crippen LogP contribution in [0.4, 0.5) is 14.5 Å². The number of carbonyl (C=O) groups is 1. The Morgan fingerprint density at radius 2 is 1.81 bits per heavy atom. The molecule has 0 atom stereocenters. The van der Waals surface area contributed by atoms with Crippen molar-refractivity contribution in [3.63, 3.8) is 0 Å². The summed E-state index contributed by atoms with van der Waals surface area (Å²) in [6, 6.07) is 1.66. The molecule has 0 heterocycles. The van der Waals surface area contributed by atoms with E-state index < -0.39 is 23.2 Å². The fourth-order valence-corrected chi connectivity index (χ4v) is 2.14. The first-order valence-corrected chi connectivity index (χ1v) is 7.23. The van der Waals surface area contributed by atoms with Crippen molar-refractivity contribution < 1.29 is 18.7 Å². The van der Waals surface area contributed by atoms with Gasteiger partial charge in [0.25, 0.3) is 0 Å². The molecule has 0 radical (unpaired) electrons. The summed E-state index contributed by atoms with van der Waals surface area (Å²) in [5.74, 6) is -3.10. The minimum absolute atomic E-state index is 0.0838. The van der Waals surface area contributed by atoms with Crippen molar-refractivity contribution in [2.45, 2.75) is 46.5 Å². The first-order chi connectivity index (χ1) is 9.76. The standard InChI is InChI=1S/C16H23F2NO2/c1-4-5-6-7-16(2,3)10-19-14-12(17)8-11(15(20)21)9-13(14)18/h8-9,19H,4-7,10H2,1-3H3,(H,20,21). The summed E-state index contributed by atoms with van der Waals surface area (Å²) in [6.45, 7) is 6.63. The summed E-state index contributed by atoms with van der Waals surface area (Å²) < 4.78 is 27.6. The van der Waals surface area contributed by atoms with Crippen molar-refractivity contribution in [3.05, 3.63) is 29.3 Å². The van der Waals surface area contributed by atoms with Crippen molar-refractivity contribution in [1.82, 2.24) is 0 Å². The second-order valence-electron chi connectivity index (χ2n) is 6.09. The molecule has 118 valence electrons. The van der Waals surface area contributed by atoms with E-state index in [9.17, 15) is 13.6 Å². The van der Waals surface area contributed by atoms with Crippen molar-refractivity contribution in [3.8, 4) is 0 Å². The number of unbranched alkanes of at least 4 members (excludes halogenated alkanes) is 2. The molecule has 0 unspecified atom stereocenters. The van der Waals surface area contributed by atoms with Gasteiger partial charge in [0.15, 0.2) is 0 Å². The average Bonchev–Trinajstić information content (AvgIpc) is 2.37. The number of carboxylic acids is 1. The van der Waals surface area contributed by atoms with Crippen LogP contribution in [0.5, 0.6) is 0 Å². The smallest absolute Gasteiger partial charge is 0.335 e. The molecule has 0 aliphatic carbocycles. The maximum absolute atomic E-state index is 13.8. The van der Waals surface area contributed by atoms with E-state index >= 15 is 0 Å². The molecule has 0 saturated heterocycles. The lowest BCUT2D eigenvalue weighted by atomic mass is 9.87. The van der Waals surface area contributed by atoms with Crippen LogP contribution in [0.15, 0.2) is 12.1 Å². The highest BCUT2D eigenvalue weighted by Gasteiger charge is 2.20. The number of nitrogens with one attached hydrogen (secondary N) is 1. The van der Waals surface area contributed by atoms with Crippen molar-refractivity contribution in [1.29, 1.82) is 0 Å². The highest BCUT2D eigenvalue weighted by atomic mass is 19.1. The minimum Gasteiger partial charge on any atom is -0.478 e. The predicted molar refractivity (Wildman–Crippen MR) is 79.7 cm³/mol. The van der Waals surface area contributed by atoms with Gasteiger partial charge in [-0.15, -0.1) is 0 Å². The molecule has 0 fully saturated rings. The number of anilines is 1. The molecular formula is C16H23F2NO2. The Balaban J connectivity index is 2.73. The first-order valence-electron chi connectivity index (χ1n) is 7.23. The van der Waals surface area contributed by atoms with E-state index in [0.717, 1.165) is 37.8 Å². The van der Waals surface area contributed by atoms with Crippen LogP contribution in [0.1, 0.15) is 56.8 Å². The molecular weight excluding hydrogens is 276 g/mol. The number of rotatable bonds is 8. The quantitative estimate of drug-likeness (QED) is 0.685. The summed E-state index contributed by atoms with van der Waals surface area (Å²) in [5.41, 5.74) is -0.735. The van der Waals surface area contributed by atoms with Gasteiger partial charge in [-0.2, -0.15) is 0 Å². The molecule has 1 aromatic carbocycles. The highest BCUT2D eigenvalue weighted by molar-refractivity contribution is 5.88. The fraction of sp³-hybridized carbons (Fsp3) is 0.562. The Labute approximate surface area is 124 Å². The lowest BCUT2D eigenvalue weighted by molar-refractivity contribution is 0.0696. The van der Waals surface area contributed by atoms with Gasteiger partial charge in [0.2, 0.25) is 0 Å². The SMILES string of the molecule is CCCCCC(C)(C)CNc1c(F)cc(C(=O)O)cc1F. The van der Waals surface area contributed by atoms with Gasteiger partial charge >= 0.3 is 5.97 Å². The summed E-state index contributed by atoms with van der Waals surface area (Å²) in [7, 11) is 0. The van der Waals surface area contributed by atoms with Crippen LogP contribution in [0.3, 0.4) is 0 Å². The van der Waals surface area contributed by atoms with E-state index in [-0.39, 0.29) is 11.1 Å². The Morgan fingerprint density at radius 3 is 2.29 bits per heavy atom. The maximum atomic E-state index is 13.8. The fourth-order valence-electron chi connectivity index (χ4n) is 2.14. The zero-order valence-corrected chi connectivity index (χ0v) is 12.8. The van der Waals surface area contributed by atoms with Crippen LogP contribution in [-0.2, 0) is 0 Å². The number of carboxylic acid groups (broad SMARTS) is 1. The Morgan fingerprint density at radius 1 is 1.24 bits per heavy atom. The molecule has 1 rings (SSSR count). The molecule has 0 spiro atoms. The van der Waals surface area contributed by atoms with Gasteiger partial charge in [-0.25, -0.2) is 13.6 Å². The number of halogens is 2. The number of benzene rings is 1. The third kappa shape index (κ3) is 5.33. The summed E-state index contributed by atoms with van der Waals surface area (Å²) in [4.78, 5) is 10.7. The van der Waals surface area contributed by atoms with Crippen LogP contribution >= 0.6 is 0 Å². The first kappa shape index (κ1) is 17.4. The third-order valence-corrected chi connectivity index (χ3v) is 3.49. The summed E-state index contributed by atoms with van der Waals surface area (Å²) >= 11 is 0. The zero-order valence-electron chi connectivity index (χ0n) is 12.8. The second-order valence-corrected chi connectivity index (χ2v) is 6.09. The zero-order chi connectivity index (χ0) is 16.0. The molecule has 0 aliphatic rings. The molecule has 3 nitrogen and oxygen atoms in total. The van der Waals surface area contributed by atoms with E-state index in [1.165, 1.54) is 0 Å². The van der Waals surface area contributed by atoms with Crippen LogP contribution in [0.25, 0.3) is 0 Å². The number of hydrogen-bond donors (Lipinski definition) is 2. The van der Waals surface area contributed by atoms with Crippen LogP contribution in [0, 0.1) is 17.0 Å². The number of hydrogen-bond acceptors (Lipinski definition) is 2. The second kappa shape index (κ2) is 7.38. The van der Waals surface area contributed by atoms with Gasteiger partial charge in [-0.3, -0.25) is 0 Å². The molecule has 0 saturated carbocycles. The van der Waals surface area contributed by atoms with E-state index in [1.807, 2.05) is 13.8 Å². The molecule has 2 N–H and O–H groups in total. The normalized spacial score (nSPS) is 11.5. The predicted octanol–water partition coefficient (Wildman–Crippen LogP) is 4.68. The monoisotopic (exact) mass is 299 g/mol. The van der Waals surface area contributed by atoms with Crippen molar-refractivity contribution in [2.75, 3.05) is 11.9 Å². The Bertz CT molecular complexity index is 478. The van der Waals surface area contributed by atoms with Crippen LogP contribution < -0.4 is 5.32 Å². The van der Waals surface area contributed by atoms with Gasteiger partial charge < -0.3 is 10.4 Å². The van der Waals surface area contributed by atoms with Gasteiger partial charge in [-0.05, 0) is 24.0 Å². The van der Waals surface area contributed by atoms with Crippen LogP contribution in [-0.4, -0.2) is 17.6 Å². The summed E-state index contributed by atoms with van der Waals surface area (Å²) in [6.07, 6.45) is 4.31. The maximum Gasteiger partial charge on any atom is 0.335 e. The minimum atomic E-state index is -1.35. The van der Waals surface area contributed by atoms with E-state index in [4.69, 9.17) is 5.11 Å². The van der Waals surface area contributed by atoms with E-state index in [2.05, 4.69) is 12.2 Å². The van der Waals surface area contributed by atoms with E-state index in [1.54, 1.807) is 0 Å². The van der Waals surface area contributed by atoms with Gasteiger partial charge in [0.1, 0.15) is 17.3 Å². The molecule has 0 aromatic heterocycles. The van der Waals surface area contributed by atoms with E-state index in [0.29, 0.717) is 6.54 Å². The number of aromatic carboxylic acids is 1. The molecule has 0 aliphatic heterocycles. The third-order valence-electron chi connectivity index (χ3n) is 3.49. The largest absolute Gasteiger partial charge is 0.478 e. The van der Waals surface area contributed by atoms with Crippen molar-refractivity contribution >= 4 is 11.7 Å². The van der Waals surface area contributed by atoms with Crippen LogP contribution in [0.2, 0.25) is 0 Å². The van der Waals surface area contributed by atoms with Crippen molar-refractivity contribution in [2.24, 2.45) is 5.41 Å². The molecule has 21 heavy (non-hydrogen) atoms. The van der Waals surface area contributed by atoms with Gasteiger partial charge in [0, 0.05) is 6.54 Å². The molecule has 5 heteroatoms. The summed E-state index contributed by atoms with van der Waals surface area (Å²) in [5, 5.41) is 11.5. The lowest BCUT2D eigenvalue weighted by Crippen LogP contribution is -2.24. The Kier molecular flexibility index (Phi) is 6.12. The Hall–Kier alpha value is -1.65. The molecule has 0 bridgehead atoms. The molecule has 1 aromatic rings. The lowest BCUT2D eigenvalue weighted by Gasteiger charge is -2.26. The average molecular weight is 299 g/mol.